The molecule has 31 heavy (non-hydrogen) atoms. The molecule has 3 aromatic rings. The van der Waals surface area contributed by atoms with Crippen molar-refractivity contribution in [2.45, 2.75) is 49.7 Å². The minimum Gasteiger partial charge on any atom is -0.368 e. The van der Waals surface area contributed by atoms with E-state index in [2.05, 4.69) is 83.8 Å². The minimum atomic E-state index is 0.201. The summed E-state index contributed by atoms with van der Waals surface area (Å²) in [5.74, 6) is 1.19. The summed E-state index contributed by atoms with van der Waals surface area (Å²) in [6.45, 7) is 3.43. The van der Waals surface area contributed by atoms with Crippen molar-refractivity contribution in [3.8, 4) is 0 Å². The van der Waals surface area contributed by atoms with E-state index < -0.39 is 0 Å². The molecule has 0 aromatic heterocycles. The molecule has 3 aliphatic rings. The van der Waals surface area contributed by atoms with Gasteiger partial charge in [-0.3, -0.25) is 0 Å². The maximum atomic E-state index is 6.80. The molecule has 0 spiro atoms. The third-order valence-electron chi connectivity index (χ3n) is 7.74. The number of fused-ring (bicyclic) bond motifs is 5. The van der Waals surface area contributed by atoms with Crippen LogP contribution in [0.3, 0.4) is 0 Å². The minimum absolute atomic E-state index is 0.201. The Hall–Kier alpha value is -2.42. The Morgan fingerprint density at radius 3 is 2.16 bits per heavy atom. The van der Waals surface area contributed by atoms with Crippen LogP contribution in [-0.4, -0.2) is 30.6 Å². The summed E-state index contributed by atoms with van der Waals surface area (Å²) in [5, 5.41) is 0. The van der Waals surface area contributed by atoms with Gasteiger partial charge in [-0.1, -0.05) is 78.9 Å². The standard InChI is InChI=1S/C29H31NO/c1-2-8-21(9-3-1)22-14-16-30(17-15-22)20-25-19-28-26-12-6-4-10-23(26)18-24-11-5-7-13-27(24)29(28)31-25/h1-13,22,25,28-29H,14-20H2. The molecular formula is C29H31NO. The molecule has 2 fully saturated rings. The van der Waals surface area contributed by atoms with Crippen molar-refractivity contribution in [1.29, 1.82) is 0 Å². The van der Waals surface area contributed by atoms with E-state index in [0.717, 1.165) is 19.4 Å². The van der Waals surface area contributed by atoms with Crippen molar-refractivity contribution in [2.24, 2.45) is 0 Å². The zero-order chi connectivity index (χ0) is 20.6. The number of hydrogen-bond acceptors (Lipinski definition) is 2. The molecule has 0 bridgehead atoms. The van der Waals surface area contributed by atoms with Crippen molar-refractivity contribution in [1.82, 2.24) is 4.90 Å². The lowest BCUT2D eigenvalue weighted by molar-refractivity contribution is 0.0149. The predicted molar refractivity (Wildman–Crippen MR) is 126 cm³/mol. The van der Waals surface area contributed by atoms with Crippen LogP contribution in [0.1, 0.15) is 65.0 Å². The molecule has 1 aliphatic carbocycles. The summed E-state index contributed by atoms with van der Waals surface area (Å²) in [6.07, 6.45) is 5.20. The lowest BCUT2D eigenvalue weighted by atomic mass is 9.87. The number of rotatable bonds is 3. The molecule has 0 amide bonds. The smallest absolute Gasteiger partial charge is 0.0901 e. The highest BCUT2D eigenvalue weighted by Crippen LogP contribution is 2.49. The highest BCUT2D eigenvalue weighted by Gasteiger charge is 2.41. The van der Waals surface area contributed by atoms with Gasteiger partial charge in [-0.05, 0) is 72.5 Å². The summed E-state index contributed by atoms with van der Waals surface area (Å²) in [4.78, 5) is 2.65. The Morgan fingerprint density at radius 2 is 1.39 bits per heavy atom. The summed E-state index contributed by atoms with van der Waals surface area (Å²) >= 11 is 0. The quantitative estimate of drug-likeness (QED) is 0.519. The molecule has 0 radical (unpaired) electrons. The van der Waals surface area contributed by atoms with Crippen LogP contribution in [0.15, 0.2) is 78.9 Å². The van der Waals surface area contributed by atoms with Gasteiger partial charge in [0, 0.05) is 12.5 Å². The zero-order valence-corrected chi connectivity index (χ0v) is 18.1. The van der Waals surface area contributed by atoms with E-state index >= 15 is 0 Å². The number of ether oxygens (including phenoxy) is 1. The first-order valence-corrected chi connectivity index (χ1v) is 11.9. The third-order valence-corrected chi connectivity index (χ3v) is 7.74. The second-order valence-electron chi connectivity index (χ2n) is 9.58. The van der Waals surface area contributed by atoms with E-state index in [-0.39, 0.29) is 6.10 Å². The molecule has 6 rings (SSSR count). The zero-order valence-electron chi connectivity index (χ0n) is 18.1. The molecule has 2 heterocycles. The van der Waals surface area contributed by atoms with Crippen LogP contribution in [-0.2, 0) is 11.2 Å². The average Bonchev–Trinajstić information content (AvgIpc) is 3.19. The van der Waals surface area contributed by atoms with Gasteiger partial charge in [0.1, 0.15) is 0 Å². The lowest BCUT2D eigenvalue weighted by Gasteiger charge is -2.33. The number of benzene rings is 3. The first-order valence-electron chi connectivity index (χ1n) is 11.9. The summed E-state index contributed by atoms with van der Waals surface area (Å²) in [6, 6.07) is 29.0. The molecule has 3 unspecified atom stereocenters. The van der Waals surface area contributed by atoms with Crippen LogP contribution in [0.25, 0.3) is 0 Å². The van der Waals surface area contributed by atoms with Crippen molar-refractivity contribution < 1.29 is 4.74 Å². The fraction of sp³-hybridized carbons (Fsp3) is 0.379. The highest BCUT2D eigenvalue weighted by atomic mass is 16.5. The van der Waals surface area contributed by atoms with E-state index in [1.54, 1.807) is 0 Å². The van der Waals surface area contributed by atoms with Gasteiger partial charge in [-0.2, -0.15) is 0 Å². The van der Waals surface area contributed by atoms with Crippen LogP contribution in [0.5, 0.6) is 0 Å². The Bertz CT molecular complexity index is 984. The van der Waals surface area contributed by atoms with Crippen molar-refractivity contribution in [2.75, 3.05) is 19.6 Å². The maximum Gasteiger partial charge on any atom is 0.0901 e. The average molecular weight is 410 g/mol. The second kappa shape index (κ2) is 8.26. The largest absolute Gasteiger partial charge is 0.368 e. The molecule has 2 saturated heterocycles. The lowest BCUT2D eigenvalue weighted by Crippen LogP contribution is -2.38. The van der Waals surface area contributed by atoms with Gasteiger partial charge in [0.25, 0.3) is 0 Å². The van der Waals surface area contributed by atoms with Crippen LogP contribution in [0.2, 0.25) is 0 Å². The van der Waals surface area contributed by atoms with Gasteiger partial charge in [0.15, 0.2) is 0 Å². The van der Waals surface area contributed by atoms with Gasteiger partial charge in [-0.15, -0.1) is 0 Å². The number of nitrogens with zero attached hydrogens (tertiary/aromatic N) is 1. The third kappa shape index (κ3) is 3.73. The van der Waals surface area contributed by atoms with Crippen LogP contribution in [0, 0.1) is 0 Å². The van der Waals surface area contributed by atoms with Crippen molar-refractivity contribution >= 4 is 0 Å². The van der Waals surface area contributed by atoms with Crippen LogP contribution >= 0.6 is 0 Å². The fourth-order valence-electron chi connectivity index (χ4n) is 6.16. The molecule has 0 saturated carbocycles. The molecule has 2 nitrogen and oxygen atoms in total. The maximum absolute atomic E-state index is 6.80. The Balaban J connectivity index is 1.17. The van der Waals surface area contributed by atoms with Crippen LogP contribution in [0.4, 0.5) is 0 Å². The number of piperidine rings is 1. The van der Waals surface area contributed by atoms with Gasteiger partial charge in [0.2, 0.25) is 0 Å². The number of likely N-dealkylation sites (tertiary alicyclic amines) is 1. The SMILES string of the molecule is c1ccc(C2CCN(CC3CC4c5ccccc5Cc5ccccc5C4O3)CC2)cc1. The number of hydrogen-bond donors (Lipinski definition) is 0. The monoisotopic (exact) mass is 409 g/mol. The van der Waals surface area contributed by atoms with E-state index in [4.69, 9.17) is 4.74 Å². The van der Waals surface area contributed by atoms with Gasteiger partial charge < -0.3 is 9.64 Å². The van der Waals surface area contributed by atoms with Gasteiger partial charge >= 0.3 is 0 Å². The van der Waals surface area contributed by atoms with E-state index in [0.29, 0.717) is 17.9 Å². The predicted octanol–water partition coefficient (Wildman–Crippen LogP) is 6.08. The first kappa shape index (κ1) is 19.3. The molecule has 158 valence electrons. The fourth-order valence-corrected chi connectivity index (χ4v) is 6.16. The summed E-state index contributed by atoms with van der Waals surface area (Å²) < 4.78 is 6.80. The van der Waals surface area contributed by atoms with E-state index in [1.807, 2.05) is 0 Å². The molecule has 3 aromatic carbocycles. The highest BCUT2D eigenvalue weighted by molar-refractivity contribution is 5.45. The van der Waals surface area contributed by atoms with Gasteiger partial charge in [0.05, 0.1) is 12.2 Å². The molecule has 3 atom stereocenters. The second-order valence-corrected chi connectivity index (χ2v) is 9.58. The summed E-state index contributed by atoms with van der Waals surface area (Å²) in [5.41, 5.74) is 7.35. The summed E-state index contributed by atoms with van der Waals surface area (Å²) in [7, 11) is 0. The van der Waals surface area contributed by atoms with Crippen molar-refractivity contribution in [3.05, 3.63) is 107 Å². The first-order chi connectivity index (χ1) is 15.3. The topological polar surface area (TPSA) is 12.5 Å². The molecule has 2 aliphatic heterocycles. The van der Waals surface area contributed by atoms with Crippen molar-refractivity contribution in [3.63, 3.8) is 0 Å². The molecule has 2 heteroatoms. The molecule has 0 N–H and O–H groups in total. The Kier molecular flexibility index (Phi) is 5.13. The molecular weight excluding hydrogens is 378 g/mol. The van der Waals surface area contributed by atoms with E-state index in [1.165, 1.54) is 53.7 Å². The Labute approximate surface area is 185 Å². The van der Waals surface area contributed by atoms with Gasteiger partial charge in [-0.25, -0.2) is 0 Å². The normalized spacial score (nSPS) is 26.0. The Morgan fingerprint density at radius 1 is 0.742 bits per heavy atom. The van der Waals surface area contributed by atoms with Crippen LogP contribution < -0.4 is 0 Å². The van der Waals surface area contributed by atoms with E-state index in [9.17, 15) is 0 Å².